The predicted molar refractivity (Wildman–Crippen MR) is 72.2 cm³/mol. The summed E-state index contributed by atoms with van der Waals surface area (Å²) in [7, 11) is 1.16. The van der Waals surface area contributed by atoms with Crippen molar-refractivity contribution < 1.29 is 23.5 Å². The summed E-state index contributed by atoms with van der Waals surface area (Å²) in [6.45, 7) is 5.73. The van der Waals surface area contributed by atoms with Gasteiger partial charge in [-0.25, -0.2) is 14.2 Å². The first kappa shape index (κ1) is 18.3. The van der Waals surface area contributed by atoms with Gasteiger partial charge < -0.3 is 9.47 Å². The van der Waals surface area contributed by atoms with Crippen LogP contribution in [-0.2, 0) is 20.7 Å². The van der Waals surface area contributed by atoms with Gasteiger partial charge >= 0.3 is 11.9 Å². The molecule has 0 radical (unpaired) electrons. The molecule has 112 valence electrons. The Balaban J connectivity index is 0.00000172. The summed E-state index contributed by atoms with van der Waals surface area (Å²) in [5.74, 6) is -2.38. The average molecular weight is 306 g/mol. The fourth-order valence-electron chi connectivity index (χ4n) is 1.27. The molecule has 5 nitrogen and oxygen atoms in total. The molecule has 0 aliphatic carbocycles. The molecular weight excluding hydrogens is 289 g/mol. The number of ether oxygens (including phenoxy) is 2. The third kappa shape index (κ3) is 4.77. The number of methoxy groups -OCH3 is 1. The van der Waals surface area contributed by atoms with Crippen molar-refractivity contribution in [3.63, 3.8) is 0 Å². The monoisotopic (exact) mass is 305 g/mol. The summed E-state index contributed by atoms with van der Waals surface area (Å²) in [4.78, 5) is 26.3. The molecule has 0 fully saturated rings. The van der Waals surface area contributed by atoms with Gasteiger partial charge in [0.1, 0.15) is 0 Å². The summed E-state index contributed by atoms with van der Waals surface area (Å²) in [5, 5.41) is -0.415. The number of nitrogens with zero attached hydrogens (tertiary/aromatic N) is 1. The van der Waals surface area contributed by atoms with Crippen LogP contribution in [-0.4, -0.2) is 30.6 Å². The van der Waals surface area contributed by atoms with Gasteiger partial charge in [-0.1, -0.05) is 25.4 Å². The van der Waals surface area contributed by atoms with Crippen molar-refractivity contribution in [1.29, 1.82) is 0 Å². The quantitative estimate of drug-likeness (QED) is 0.632. The Labute approximate surface area is 122 Å². The Morgan fingerprint density at radius 2 is 2.00 bits per heavy atom. The normalized spacial score (nSPS) is 9.30. The summed E-state index contributed by atoms with van der Waals surface area (Å²) >= 11 is 5.50. The molecule has 0 amide bonds. The number of carbonyl (C=O) groups is 2. The van der Waals surface area contributed by atoms with Gasteiger partial charge in [-0.3, -0.25) is 4.79 Å². The lowest BCUT2D eigenvalue weighted by Crippen LogP contribution is -2.15. The van der Waals surface area contributed by atoms with Gasteiger partial charge in [0, 0.05) is 11.8 Å². The van der Waals surface area contributed by atoms with Crippen LogP contribution in [0.4, 0.5) is 4.39 Å². The molecule has 0 atom stereocenters. The van der Waals surface area contributed by atoms with Crippen molar-refractivity contribution in [1.82, 2.24) is 4.98 Å². The minimum absolute atomic E-state index is 0.126. The highest BCUT2D eigenvalue weighted by atomic mass is 35.5. The van der Waals surface area contributed by atoms with Gasteiger partial charge in [-0.15, -0.1) is 0 Å². The first-order valence-electron chi connectivity index (χ1n) is 6.08. The molecule has 0 saturated heterocycles. The summed E-state index contributed by atoms with van der Waals surface area (Å²) < 4.78 is 22.9. The van der Waals surface area contributed by atoms with E-state index in [9.17, 15) is 14.0 Å². The van der Waals surface area contributed by atoms with Gasteiger partial charge in [-0.2, -0.15) is 0 Å². The molecule has 0 aliphatic rings. The SMILES string of the molecule is CC.CCOC(=O)c1cnc(Cl)c(F)c1CC(=O)OC. The number of hydrogen-bond donors (Lipinski definition) is 0. The maximum absolute atomic E-state index is 13.7. The largest absolute Gasteiger partial charge is 0.469 e. The Hall–Kier alpha value is -1.69. The standard InChI is InChI=1S/C11H11ClFNO4.C2H6/c1-3-18-11(16)7-5-14-10(12)9(13)6(7)4-8(15)17-2;1-2/h5H,3-4H2,1-2H3;1-2H3. The van der Waals surface area contributed by atoms with Crippen molar-refractivity contribution in [3.8, 4) is 0 Å². The molecule has 0 spiro atoms. The van der Waals surface area contributed by atoms with E-state index >= 15 is 0 Å². The Morgan fingerprint density at radius 3 is 2.50 bits per heavy atom. The molecule has 0 aliphatic heterocycles. The van der Waals surface area contributed by atoms with E-state index in [1.54, 1.807) is 6.92 Å². The van der Waals surface area contributed by atoms with Gasteiger partial charge in [0.2, 0.25) is 0 Å². The van der Waals surface area contributed by atoms with E-state index in [2.05, 4.69) is 9.72 Å². The number of esters is 2. The van der Waals surface area contributed by atoms with E-state index in [4.69, 9.17) is 16.3 Å². The van der Waals surface area contributed by atoms with Crippen LogP contribution < -0.4 is 0 Å². The van der Waals surface area contributed by atoms with E-state index in [1.165, 1.54) is 0 Å². The van der Waals surface area contributed by atoms with E-state index in [0.29, 0.717) is 0 Å². The van der Waals surface area contributed by atoms with Crippen LogP contribution in [0, 0.1) is 5.82 Å². The van der Waals surface area contributed by atoms with Gasteiger partial charge in [-0.05, 0) is 6.92 Å². The van der Waals surface area contributed by atoms with Crippen LogP contribution in [0.5, 0.6) is 0 Å². The Bertz CT molecular complexity index is 480. The first-order chi connectivity index (χ1) is 9.51. The van der Waals surface area contributed by atoms with Crippen LogP contribution >= 0.6 is 11.6 Å². The average Bonchev–Trinajstić information content (AvgIpc) is 2.46. The molecule has 1 aromatic rings. The molecule has 20 heavy (non-hydrogen) atoms. The van der Waals surface area contributed by atoms with Crippen LogP contribution in [0.3, 0.4) is 0 Å². The van der Waals surface area contributed by atoms with Gasteiger partial charge in [0.15, 0.2) is 11.0 Å². The summed E-state index contributed by atoms with van der Waals surface area (Å²) in [5.41, 5.74) is -0.315. The maximum atomic E-state index is 13.7. The molecule has 0 bridgehead atoms. The number of rotatable bonds is 4. The third-order valence-electron chi connectivity index (χ3n) is 2.12. The molecule has 0 N–H and O–H groups in total. The third-order valence-corrected chi connectivity index (χ3v) is 2.39. The molecule has 0 aromatic carbocycles. The zero-order valence-electron chi connectivity index (χ0n) is 11.8. The fourth-order valence-corrected chi connectivity index (χ4v) is 1.44. The maximum Gasteiger partial charge on any atom is 0.340 e. The Morgan fingerprint density at radius 1 is 1.40 bits per heavy atom. The number of halogens is 2. The minimum Gasteiger partial charge on any atom is -0.469 e. The fraction of sp³-hybridized carbons (Fsp3) is 0.462. The highest BCUT2D eigenvalue weighted by Gasteiger charge is 2.22. The van der Waals surface area contributed by atoms with Crippen LogP contribution in [0.2, 0.25) is 5.15 Å². The van der Waals surface area contributed by atoms with Gasteiger partial charge in [0.05, 0.1) is 25.7 Å². The highest BCUT2D eigenvalue weighted by Crippen LogP contribution is 2.21. The predicted octanol–water partition coefficient (Wildman–Crippen LogP) is 2.79. The van der Waals surface area contributed by atoms with E-state index < -0.39 is 29.3 Å². The van der Waals surface area contributed by atoms with Gasteiger partial charge in [0.25, 0.3) is 0 Å². The van der Waals surface area contributed by atoms with Crippen LogP contribution in [0.1, 0.15) is 36.7 Å². The summed E-state index contributed by atoms with van der Waals surface area (Å²) in [6, 6.07) is 0. The lowest BCUT2D eigenvalue weighted by molar-refractivity contribution is -0.139. The van der Waals surface area contributed by atoms with Crippen molar-refractivity contribution in [2.75, 3.05) is 13.7 Å². The zero-order valence-corrected chi connectivity index (χ0v) is 12.6. The van der Waals surface area contributed by atoms with Crippen LogP contribution in [0.25, 0.3) is 0 Å². The van der Waals surface area contributed by atoms with Crippen molar-refractivity contribution >= 4 is 23.5 Å². The molecule has 1 heterocycles. The number of carbonyl (C=O) groups excluding carboxylic acids is 2. The molecule has 1 rings (SSSR count). The molecule has 0 saturated carbocycles. The van der Waals surface area contributed by atoms with Crippen molar-refractivity contribution in [3.05, 3.63) is 28.3 Å². The molecular formula is C13H17ClFNO4. The summed E-state index contributed by atoms with van der Waals surface area (Å²) in [6.07, 6.45) is 0.653. The zero-order chi connectivity index (χ0) is 15.7. The topological polar surface area (TPSA) is 65.5 Å². The van der Waals surface area contributed by atoms with E-state index in [1.807, 2.05) is 13.8 Å². The lowest BCUT2D eigenvalue weighted by atomic mass is 10.1. The highest BCUT2D eigenvalue weighted by molar-refractivity contribution is 6.29. The van der Waals surface area contributed by atoms with Crippen molar-refractivity contribution in [2.45, 2.75) is 27.2 Å². The second kappa shape index (κ2) is 9.25. The van der Waals surface area contributed by atoms with Crippen LogP contribution in [0.15, 0.2) is 6.20 Å². The Kier molecular flexibility index (Phi) is 8.47. The number of aromatic nitrogens is 1. The molecule has 7 heteroatoms. The molecule has 0 unspecified atom stereocenters. The second-order valence-corrected chi connectivity index (χ2v) is 3.59. The first-order valence-corrected chi connectivity index (χ1v) is 6.45. The second-order valence-electron chi connectivity index (χ2n) is 3.23. The molecule has 1 aromatic heterocycles. The number of pyridine rings is 1. The number of hydrogen-bond acceptors (Lipinski definition) is 5. The van der Waals surface area contributed by atoms with E-state index in [-0.39, 0.29) is 17.7 Å². The minimum atomic E-state index is -0.924. The van der Waals surface area contributed by atoms with E-state index in [0.717, 1.165) is 13.3 Å². The smallest absolute Gasteiger partial charge is 0.340 e. The lowest BCUT2D eigenvalue weighted by Gasteiger charge is -2.09. The van der Waals surface area contributed by atoms with Crippen molar-refractivity contribution in [2.24, 2.45) is 0 Å².